The van der Waals surface area contributed by atoms with Gasteiger partial charge in [0.25, 0.3) is 0 Å². The van der Waals surface area contributed by atoms with Crippen molar-refractivity contribution < 1.29 is 14.3 Å². The topological polar surface area (TPSA) is 80.3 Å². The summed E-state index contributed by atoms with van der Waals surface area (Å²) in [5.41, 5.74) is 1.78. The monoisotopic (exact) mass is 319 g/mol. The number of rotatable bonds is 6. The molecule has 0 radical (unpaired) electrons. The van der Waals surface area contributed by atoms with Crippen molar-refractivity contribution in [1.82, 2.24) is 10.3 Å². The van der Waals surface area contributed by atoms with Gasteiger partial charge in [-0.1, -0.05) is 30.3 Å². The predicted octanol–water partition coefficient (Wildman–Crippen LogP) is 2.71. The normalized spacial score (nSPS) is 10.0. The van der Waals surface area contributed by atoms with Gasteiger partial charge in [0.05, 0.1) is 5.69 Å². The maximum absolute atomic E-state index is 11.6. The molecule has 0 aliphatic carbocycles. The van der Waals surface area contributed by atoms with E-state index in [1.54, 1.807) is 0 Å². The Hall–Kier alpha value is -2.41. The molecule has 0 spiro atoms. The quantitative estimate of drug-likeness (QED) is 0.858. The second-order valence-corrected chi connectivity index (χ2v) is 5.44. The van der Waals surface area contributed by atoms with Crippen LogP contribution in [0.25, 0.3) is 0 Å². The number of ether oxygens (including phenoxy) is 1. The van der Waals surface area contributed by atoms with Crippen LogP contribution in [0.5, 0.6) is 0 Å². The van der Waals surface area contributed by atoms with Crippen LogP contribution in [0.4, 0.5) is 9.93 Å². The number of aryl methyl sites for hydroxylation is 1. The zero-order valence-corrected chi connectivity index (χ0v) is 13.0. The van der Waals surface area contributed by atoms with E-state index in [0.717, 1.165) is 11.3 Å². The Kier molecular flexibility index (Phi) is 5.91. The van der Waals surface area contributed by atoms with Gasteiger partial charge < -0.3 is 15.4 Å². The van der Waals surface area contributed by atoms with E-state index >= 15 is 0 Å². The van der Waals surface area contributed by atoms with Gasteiger partial charge in [0, 0.05) is 18.3 Å². The second kappa shape index (κ2) is 8.14. The molecule has 1 aromatic carbocycles. The van der Waals surface area contributed by atoms with E-state index in [1.165, 1.54) is 11.3 Å². The molecule has 0 unspecified atom stereocenters. The summed E-state index contributed by atoms with van der Waals surface area (Å²) in [7, 11) is 0. The van der Waals surface area contributed by atoms with E-state index < -0.39 is 6.09 Å². The van der Waals surface area contributed by atoms with Gasteiger partial charge in [-0.05, 0) is 12.5 Å². The molecule has 0 fully saturated rings. The van der Waals surface area contributed by atoms with Crippen molar-refractivity contribution in [2.75, 3.05) is 11.9 Å². The minimum absolute atomic E-state index is 0.166. The fourth-order valence-corrected chi connectivity index (χ4v) is 2.35. The number of amides is 2. The molecule has 1 heterocycles. The van der Waals surface area contributed by atoms with Gasteiger partial charge in [-0.15, -0.1) is 11.3 Å². The highest BCUT2D eigenvalue weighted by Gasteiger charge is 2.07. The molecule has 22 heavy (non-hydrogen) atoms. The largest absolute Gasteiger partial charge is 0.445 e. The van der Waals surface area contributed by atoms with Crippen LogP contribution >= 0.6 is 11.3 Å². The third kappa shape index (κ3) is 5.53. The van der Waals surface area contributed by atoms with Crippen LogP contribution in [0, 0.1) is 6.92 Å². The van der Waals surface area contributed by atoms with Crippen molar-refractivity contribution in [3.8, 4) is 0 Å². The average Bonchev–Trinajstić information content (AvgIpc) is 2.91. The lowest BCUT2D eigenvalue weighted by Gasteiger charge is -2.07. The third-order valence-electron chi connectivity index (χ3n) is 2.70. The van der Waals surface area contributed by atoms with Crippen molar-refractivity contribution >= 4 is 28.5 Å². The van der Waals surface area contributed by atoms with Crippen LogP contribution in [0.15, 0.2) is 35.7 Å². The Bertz CT molecular complexity index is 628. The van der Waals surface area contributed by atoms with Gasteiger partial charge in [0.2, 0.25) is 5.91 Å². The summed E-state index contributed by atoms with van der Waals surface area (Å²) in [6, 6.07) is 9.39. The lowest BCUT2D eigenvalue weighted by atomic mass is 10.2. The molecule has 2 amide bonds. The molecule has 0 saturated heterocycles. The van der Waals surface area contributed by atoms with Gasteiger partial charge in [-0.2, -0.15) is 0 Å². The van der Waals surface area contributed by atoms with Crippen LogP contribution in [-0.4, -0.2) is 23.5 Å². The van der Waals surface area contributed by atoms with Crippen molar-refractivity contribution in [2.45, 2.75) is 20.0 Å². The fourth-order valence-electron chi connectivity index (χ4n) is 1.65. The summed E-state index contributed by atoms with van der Waals surface area (Å²) in [6.07, 6.45) is -0.374. The van der Waals surface area contributed by atoms with E-state index in [-0.39, 0.29) is 25.5 Å². The Labute approximate surface area is 132 Å². The number of anilines is 1. The summed E-state index contributed by atoms with van der Waals surface area (Å²) in [4.78, 5) is 27.3. The molecule has 6 nitrogen and oxygen atoms in total. The van der Waals surface area contributed by atoms with Gasteiger partial charge >= 0.3 is 6.09 Å². The molecule has 2 N–H and O–H groups in total. The molecule has 116 valence electrons. The number of alkyl carbamates (subject to hydrolysis) is 1. The molecule has 0 atom stereocenters. The van der Waals surface area contributed by atoms with Gasteiger partial charge in [0.1, 0.15) is 6.61 Å². The maximum atomic E-state index is 11.6. The van der Waals surface area contributed by atoms with Crippen molar-refractivity contribution in [3.63, 3.8) is 0 Å². The number of nitrogens with one attached hydrogen (secondary N) is 2. The van der Waals surface area contributed by atoms with Crippen molar-refractivity contribution in [2.24, 2.45) is 0 Å². The fraction of sp³-hybridized carbons (Fsp3) is 0.267. The third-order valence-corrected chi connectivity index (χ3v) is 3.58. The zero-order chi connectivity index (χ0) is 15.8. The summed E-state index contributed by atoms with van der Waals surface area (Å²) in [5, 5.41) is 7.63. The highest BCUT2D eigenvalue weighted by Crippen LogP contribution is 2.14. The lowest BCUT2D eigenvalue weighted by Crippen LogP contribution is -2.28. The first-order valence-corrected chi connectivity index (χ1v) is 7.68. The van der Waals surface area contributed by atoms with Crippen molar-refractivity contribution in [3.05, 3.63) is 47.0 Å². The SMILES string of the molecule is Cc1csc(NC(=O)CCNC(=O)OCc2ccccc2)n1. The summed E-state index contributed by atoms with van der Waals surface area (Å²) < 4.78 is 5.04. The van der Waals surface area contributed by atoms with Crippen molar-refractivity contribution in [1.29, 1.82) is 0 Å². The smallest absolute Gasteiger partial charge is 0.407 e. The highest BCUT2D eigenvalue weighted by atomic mass is 32.1. The number of hydrogen-bond donors (Lipinski definition) is 2. The summed E-state index contributed by atoms with van der Waals surface area (Å²) in [5.74, 6) is -0.197. The number of carbonyl (C=O) groups excluding carboxylic acids is 2. The maximum Gasteiger partial charge on any atom is 0.407 e. The number of carbonyl (C=O) groups is 2. The standard InChI is InChI=1S/C15H17N3O3S/c1-11-10-22-14(17-11)18-13(19)7-8-16-15(20)21-9-12-5-3-2-4-6-12/h2-6,10H,7-9H2,1H3,(H,16,20)(H,17,18,19). The molecular formula is C15H17N3O3S. The number of hydrogen-bond acceptors (Lipinski definition) is 5. The predicted molar refractivity (Wildman–Crippen MR) is 84.7 cm³/mol. The molecular weight excluding hydrogens is 302 g/mol. The Morgan fingerprint density at radius 3 is 2.73 bits per heavy atom. The van der Waals surface area contributed by atoms with E-state index in [4.69, 9.17) is 4.74 Å². The number of benzene rings is 1. The first kappa shape index (κ1) is 16.0. The lowest BCUT2D eigenvalue weighted by molar-refractivity contribution is -0.116. The molecule has 0 bridgehead atoms. The highest BCUT2D eigenvalue weighted by molar-refractivity contribution is 7.13. The number of aromatic nitrogens is 1. The van der Waals surface area contributed by atoms with Gasteiger partial charge in [0.15, 0.2) is 5.13 Å². The van der Waals surface area contributed by atoms with Crippen LogP contribution < -0.4 is 10.6 Å². The first-order valence-electron chi connectivity index (χ1n) is 6.80. The molecule has 0 saturated carbocycles. The molecule has 1 aromatic heterocycles. The van der Waals surface area contributed by atoms with Crippen LogP contribution in [0.2, 0.25) is 0 Å². The summed E-state index contributed by atoms with van der Waals surface area (Å²) in [6.45, 7) is 2.28. The second-order valence-electron chi connectivity index (χ2n) is 4.58. The minimum atomic E-state index is -0.540. The summed E-state index contributed by atoms with van der Waals surface area (Å²) >= 11 is 1.37. The molecule has 2 aromatic rings. The van der Waals surface area contributed by atoms with E-state index in [2.05, 4.69) is 15.6 Å². The van der Waals surface area contributed by atoms with Crippen LogP contribution in [-0.2, 0) is 16.1 Å². The molecule has 7 heteroatoms. The number of nitrogens with zero attached hydrogens (tertiary/aromatic N) is 1. The molecule has 0 aliphatic heterocycles. The molecule has 0 aliphatic rings. The Balaban J connectivity index is 1.61. The van der Waals surface area contributed by atoms with Crippen LogP contribution in [0.3, 0.4) is 0 Å². The Morgan fingerprint density at radius 1 is 1.27 bits per heavy atom. The first-order chi connectivity index (χ1) is 10.6. The zero-order valence-electron chi connectivity index (χ0n) is 12.2. The van der Waals surface area contributed by atoms with E-state index in [0.29, 0.717) is 5.13 Å². The average molecular weight is 319 g/mol. The Morgan fingerprint density at radius 2 is 2.05 bits per heavy atom. The van der Waals surface area contributed by atoms with Gasteiger partial charge in [-0.3, -0.25) is 4.79 Å². The van der Waals surface area contributed by atoms with E-state index in [9.17, 15) is 9.59 Å². The molecule has 2 rings (SSSR count). The van der Waals surface area contributed by atoms with E-state index in [1.807, 2.05) is 42.6 Å². The van der Waals surface area contributed by atoms with Gasteiger partial charge in [-0.25, -0.2) is 9.78 Å². The van der Waals surface area contributed by atoms with Crippen LogP contribution in [0.1, 0.15) is 17.7 Å². The number of thiazole rings is 1. The minimum Gasteiger partial charge on any atom is -0.445 e.